The van der Waals surface area contributed by atoms with Crippen LogP contribution in [0.2, 0.25) is 5.02 Å². The van der Waals surface area contributed by atoms with Crippen LogP contribution in [0.15, 0.2) is 59.8 Å². The van der Waals surface area contributed by atoms with Gasteiger partial charge in [-0.1, -0.05) is 35.9 Å². The van der Waals surface area contributed by atoms with Crippen molar-refractivity contribution in [1.29, 1.82) is 5.26 Å². The highest BCUT2D eigenvalue weighted by Gasteiger charge is 2.36. The number of nitriles is 1. The second-order valence-corrected chi connectivity index (χ2v) is 7.67. The van der Waals surface area contributed by atoms with E-state index in [2.05, 4.69) is 6.07 Å². The summed E-state index contributed by atoms with van der Waals surface area (Å²) in [4.78, 5) is 27.6. The molecule has 0 N–H and O–H groups in total. The number of halogens is 1. The Hall–Kier alpha value is -3.14. The van der Waals surface area contributed by atoms with Crippen LogP contribution < -0.4 is 0 Å². The maximum absolute atomic E-state index is 13.2. The van der Waals surface area contributed by atoms with E-state index in [-0.39, 0.29) is 18.9 Å². The Morgan fingerprint density at radius 1 is 1.26 bits per heavy atom. The molecule has 0 saturated heterocycles. The average Bonchev–Trinajstić information content (AvgIpc) is 2.77. The lowest BCUT2D eigenvalue weighted by Crippen LogP contribution is -2.40. The first-order chi connectivity index (χ1) is 14.9. The molecule has 0 fully saturated rings. The number of amides is 1. The molecule has 1 aliphatic rings. The van der Waals surface area contributed by atoms with Gasteiger partial charge in [0.05, 0.1) is 23.8 Å². The Bertz CT molecular complexity index is 1040. The predicted molar refractivity (Wildman–Crippen MR) is 116 cm³/mol. The van der Waals surface area contributed by atoms with Gasteiger partial charge in [-0.3, -0.25) is 4.79 Å². The fourth-order valence-electron chi connectivity index (χ4n) is 3.67. The fourth-order valence-corrected chi connectivity index (χ4v) is 3.80. The number of rotatable bonds is 7. The summed E-state index contributed by atoms with van der Waals surface area (Å²) in [5, 5.41) is 9.64. The van der Waals surface area contributed by atoms with Crippen molar-refractivity contribution in [2.75, 3.05) is 20.3 Å². The van der Waals surface area contributed by atoms with E-state index >= 15 is 0 Å². The second-order valence-electron chi connectivity index (χ2n) is 7.23. The first-order valence-corrected chi connectivity index (χ1v) is 10.2. The molecule has 3 rings (SSSR count). The van der Waals surface area contributed by atoms with Gasteiger partial charge in [-0.2, -0.15) is 5.26 Å². The number of hydrogen-bond acceptors (Lipinski definition) is 5. The number of hydrogen-bond donors (Lipinski definition) is 0. The predicted octanol–water partition coefficient (Wildman–Crippen LogP) is 4.19. The molecule has 31 heavy (non-hydrogen) atoms. The van der Waals surface area contributed by atoms with Crippen LogP contribution in [-0.4, -0.2) is 37.0 Å². The molecule has 1 unspecified atom stereocenters. The molecule has 0 radical (unpaired) electrons. The maximum atomic E-state index is 13.2. The van der Waals surface area contributed by atoms with Gasteiger partial charge in [0.1, 0.15) is 6.61 Å². The van der Waals surface area contributed by atoms with Crippen molar-refractivity contribution in [3.63, 3.8) is 0 Å². The molecule has 6 nitrogen and oxygen atoms in total. The standard InChI is InChI=1S/C24H23ClN2O4/c1-16-23(24(29)31-15-18-5-3-4-17(12-18)14-26)21(19-6-8-20(25)9-7-19)13-22(28)27(16)10-11-30-2/h3-9,12,21H,10-11,13,15H2,1-2H3. The van der Waals surface area contributed by atoms with Crippen LogP contribution in [0.4, 0.5) is 0 Å². The highest BCUT2D eigenvalue weighted by molar-refractivity contribution is 6.30. The highest BCUT2D eigenvalue weighted by atomic mass is 35.5. The summed E-state index contributed by atoms with van der Waals surface area (Å²) in [6.45, 7) is 2.50. The minimum atomic E-state index is -0.491. The van der Waals surface area contributed by atoms with Crippen LogP contribution in [0, 0.1) is 11.3 Å². The lowest BCUT2D eigenvalue weighted by Gasteiger charge is -2.34. The number of ether oxygens (including phenoxy) is 2. The van der Waals surface area contributed by atoms with Crippen LogP contribution >= 0.6 is 11.6 Å². The third kappa shape index (κ3) is 5.32. The molecule has 160 valence electrons. The minimum absolute atomic E-state index is 0.0322. The van der Waals surface area contributed by atoms with E-state index in [1.54, 1.807) is 55.3 Å². The van der Waals surface area contributed by atoms with Crippen molar-refractivity contribution in [3.05, 3.63) is 81.5 Å². The van der Waals surface area contributed by atoms with Gasteiger partial charge >= 0.3 is 5.97 Å². The van der Waals surface area contributed by atoms with Crippen LogP contribution in [0.25, 0.3) is 0 Å². The van der Waals surface area contributed by atoms with E-state index in [0.29, 0.717) is 35.0 Å². The van der Waals surface area contributed by atoms with Crippen molar-refractivity contribution < 1.29 is 19.1 Å². The van der Waals surface area contributed by atoms with Crippen LogP contribution in [0.5, 0.6) is 0 Å². The number of nitrogens with zero attached hydrogens (tertiary/aromatic N) is 2. The van der Waals surface area contributed by atoms with Crippen LogP contribution in [-0.2, 0) is 25.7 Å². The summed E-state index contributed by atoms with van der Waals surface area (Å²) in [7, 11) is 1.56. The van der Waals surface area contributed by atoms with Crippen LogP contribution in [0.3, 0.4) is 0 Å². The molecule has 2 aromatic carbocycles. The van der Waals surface area contributed by atoms with Crippen molar-refractivity contribution >= 4 is 23.5 Å². The molecule has 0 spiro atoms. The zero-order valence-electron chi connectivity index (χ0n) is 17.4. The molecule has 1 atom stereocenters. The van der Waals surface area contributed by atoms with E-state index in [9.17, 15) is 9.59 Å². The van der Waals surface area contributed by atoms with Gasteiger partial charge in [-0.15, -0.1) is 0 Å². The molecule has 1 amide bonds. The smallest absolute Gasteiger partial charge is 0.336 e. The van der Waals surface area contributed by atoms with Crippen molar-refractivity contribution in [3.8, 4) is 6.07 Å². The van der Waals surface area contributed by atoms with E-state index in [1.165, 1.54) is 0 Å². The Kier molecular flexibility index (Phi) is 7.45. The van der Waals surface area contributed by atoms with E-state index in [1.807, 2.05) is 12.1 Å². The van der Waals surface area contributed by atoms with Crippen LogP contribution in [0.1, 0.15) is 36.0 Å². The van der Waals surface area contributed by atoms with Gasteiger partial charge in [0.2, 0.25) is 5.91 Å². The number of carbonyl (C=O) groups is 2. The minimum Gasteiger partial charge on any atom is -0.457 e. The number of esters is 1. The van der Waals surface area contributed by atoms with E-state index in [0.717, 1.165) is 11.1 Å². The molecule has 0 bridgehead atoms. The first-order valence-electron chi connectivity index (χ1n) is 9.86. The summed E-state index contributed by atoms with van der Waals surface area (Å²) < 4.78 is 10.7. The lowest BCUT2D eigenvalue weighted by atomic mass is 9.83. The largest absolute Gasteiger partial charge is 0.457 e. The summed E-state index contributed by atoms with van der Waals surface area (Å²) in [5.74, 6) is -0.996. The first kappa shape index (κ1) is 22.5. The Morgan fingerprint density at radius 3 is 2.68 bits per heavy atom. The van der Waals surface area contributed by atoms with Gasteiger partial charge in [0.15, 0.2) is 0 Å². The quantitative estimate of drug-likeness (QED) is 0.605. The topological polar surface area (TPSA) is 79.6 Å². The second kappa shape index (κ2) is 10.3. The molecule has 0 aromatic heterocycles. The summed E-state index contributed by atoms with van der Waals surface area (Å²) in [6.07, 6.45) is 0.150. The molecule has 7 heteroatoms. The Balaban J connectivity index is 1.91. The number of allylic oxidation sites excluding steroid dienone is 1. The van der Waals surface area contributed by atoms with Crippen molar-refractivity contribution in [2.45, 2.75) is 25.9 Å². The SMILES string of the molecule is COCCN1C(=O)CC(c2ccc(Cl)cc2)C(C(=O)OCc2cccc(C#N)c2)=C1C. The normalized spacial score (nSPS) is 16.3. The van der Waals surface area contributed by atoms with Gasteiger partial charge < -0.3 is 14.4 Å². The third-order valence-electron chi connectivity index (χ3n) is 5.26. The summed E-state index contributed by atoms with van der Waals surface area (Å²) >= 11 is 6.01. The monoisotopic (exact) mass is 438 g/mol. The molecule has 1 aliphatic heterocycles. The highest BCUT2D eigenvalue weighted by Crippen LogP contribution is 2.37. The third-order valence-corrected chi connectivity index (χ3v) is 5.51. The number of carbonyl (C=O) groups excluding carboxylic acids is 2. The Labute approximate surface area is 186 Å². The summed E-state index contributed by atoms with van der Waals surface area (Å²) in [6, 6.07) is 16.1. The maximum Gasteiger partial charge on any atom is 0.336 e. The molecule has 2 aromatic rings. The van der Waals surface area contributed by atoms with Gasteiger partial charge in [0.25, 0.3) is 0 Å². The average molecular weight is 439 g/mol. The van der Waals surface area contributed by atoms with Gasteiger partial charge in [-0.25, -0.2) is 4.79 Å². The molecular weight excluding hydrogens is 416 g/mol. The summed E-state index contributed by atoms with van der Waals surface area (Å²) in [5.41, 5.74) is 3.04. The Morgan fingerprint density at radius 2 is 2.00 bits per heavy atom. The molecule has 1 heterocycles. The molecule has 0 saturated carbocycles. The number of methoxy groups -OCH3 is 1. The van der Waals surface area contributed by atoms with Crippen molar-refractivity contribution in [2.24, 2.45) is 0 Å². The zero-order chi connectivity index (χ0) is 22.4. The molecule has 0 aliphatic carbocycles. The van der Waals surface area contributed by atoms with E-state index < -0.39 is 11.9 Å². The number of benzene rings is 2. The van der Waals surface area contributed by atoms with Gasteiger partial charge in [-0.05, 0) is 42.3 Å². The van der Waals surface area contributed by atoms with Crippen molar-refractivity contribution in [1.82, 2.24) is 4.90 Å². The molecular formula is C24H23ClN2O4. The van der Waals surface area contributed by atoms with E-state index in [4.69, 9.17) is 26.3 Å². The fraction of sp³-hybridized carbons (Fsp3) is 0.292. The van der Waals surface area contributed by atoms with Gasteiger partial charge in [0, 0.05) is 36.7 Å². The zero-order valence-corrected chi connectivity index (χ0v) is 18.2. The lowest BCUT2D eigenvalue weighted by molar-refractivity contribution is -0.141.